The van der Waals surface area contributed by atoms with Crippen molar-refractivity contribution in [2.75, 3.05) is 75.4 Å². The van der Waals surface area contributed by atoms with E-state index in [2.05, 4.69) is 19.7 Å². The van der Waals surface area contributed by atoms with Crippen LogP contribution in [0.5, 0.6) is 0 Å². The topological polar surface area (TPSA) is 70.2 Å². The first-order chi connectivity index (χ1) is 12.8. The van der Waals surface area contributed by atoms with Crippen LogP contribution < -0.4 is 10.6 Å². The summed E-state index contributed by atoms with van der Waals surface area (Å²) < 4.78 is 5.54. The molecule has 9 heteroatoms. The van der Waals surface area contributed by atoms with Crippen molar-refractivity contribution in [1.82, 2.24) is 14.8 Å². The Balaban J connectivity index is 1.35. The predicted octanol–water partition coefficient (Wildman–Crippen LogP) is 0.788. The number of hydrogen-bond acceptors (Lipinski definition) is 7. The summed E-state index contributed by atoms with van der Waals surface area (Å²) in [6, 6.07) is 0. The summed E-state index contributed by atoms with van der Waals surface area (Å²) in [5, 5.41) is 3.14. The molecule has 4 heterocycles. The molecule has 3 aliphatic heterocycles. The van der Waals surface area contributed by atoms with Crippen LogP contribution >= 0.6 is 23.1 Å². The Bertz CT molecular complexity index is 590. The van der Waals surface area contributed by atoms with Crippen LogP contribution in [-0.4, -0.2) is 96.8 Å². The van der Waals surface area contributed by atoms with Gasteiger partial charge >= 0.3 is 0 Å². The summed E-state index contributed by atoms with van der Waals surface area (Å²) in [5.74, 6) is 3.08. The molecule has 4 rings (SSSR count). The number of nitrogens with two attached hydrogens (primary N) is 1. The fraction of sp³-hybridized carbons (Fsp3) is 0.765. The number of rotatable bonds is 4. The van der Waals surface area contributed by atoms with Crippen LogP contribution in [0.4, 0.5) is 5.13 Å². The first-order valence-corrected chi connectivity index (χ1v) is 11.4. The van der Waals surface area contributed by atoms with E-state index < -0.39 is 0 Å². The summed E-state index contributed by atoms with van der Waals surface area (Å²) in [6.07, 6.45) is 3.07. The second kappa shape index (κ2) is 8.33. The lowest BCUT2D eigenvalue weighted by Gasteiger charge is -2.42. The highest BCUT2D eigenvalue weighted by Crippen LogP contribution is 2.34. The minimum absolute atomic E-state index is 0.168. The maximum absolute atomic E-state index is 6.37. The fourth-order valence-corrected chi connectivity index (χ4v) is 6.10. The van der Waals surface area contributed by atoms with Crippen molar-refractivity contribution >= 4 is 34.2 Å². The average Bonchev–Trinajstić information content (AvgIpc) is 3.40. The van der Waals surface area contributed by atoms with Crippen LogP contribution in [0.15, 0.2) is 16.6 Å². The molecule has 0 aromatic carbocycles. The molecule has 0 bridgehead atoms. The van der Waals surface area contributed by atoms with Gasteiger partial charge in [-0.3, -0.25) is 9.89 Å². The van der Waals surface area contributed by atoms with Gasteiger partial charge in [0.1, 0.15) is 0 Å². The van der Waals surface area contributed by atoms with Gasteiger partial charge in [-0.05, 0) is 12.2 Å². The van der Waals surface area contributed by atoms with Gasteiger partial charge in [0.25, 0.3) is 0 Å². The summed E-state index contributed by atoms with van der Waals surface area (Å²) in [6.45, 7) is 8.24. The van der Waals surface area contributed by atoms with Gasteiger partial charge < -0.3 is 20.3 Å². The van der Waals surface area contributed by atoms with Gasteiger partial charge in [0.05, 0.1) is 25.3 Å². The Morgan fingerprint density at radius 1 is 1.23 bits per heavy atom. The van der Waals surface area contributed by atoms with Gasteiger partial charge in [-0.2, -0.15) is 11.8 Å². The maximum atomic E-state index is 6.37. The molecule has 1 aromatic heterocycles. The first kappa shape index (κ1) is 18.3. The van der Waals surface area contributed by atoms with E-state index in [0.717, 1.165) is 69.9 Å². The maximum Gasteiger partial charge on any atom is 0.191 e. The zero-order valence-electron chi connectivity index (χ0n) is 15.2. The number of ether oxygens (including phenoxy) is 1. The molecule has 1 atom stereocenters. The van der Waals surface area contributed by atoms with E-state index in [9.17, 15) is 0 Å². The van der Waals surface area contributed by atoms with Crippen LogP contribution in [0.3, 0.4) is 0 Å². The lowest BCUT2D eigenvalue weighted by molar-refractivity contribution is -0.0105. The molecule has 144 valence electrons. The molecule has 26 heavy (non-hydrogen) atoms. The molecule has 3 saturated heterocycles. The third-order valence-corrected chi connectivity index (χ3v) is 7.66. The van der Waals surface area contributed by atoms with E-state index in [4.69, 9.17) is 15.5 Å². The third kappa shape index (κ3) is 3.95. The number of guanidine groups is 1. The Kier molecular flexibility index (Phi) is 5.87. The number of thioether (sulfide) groups is 1. The van der Waals surface area contributed by atoms with Crippen molar-refractivity contribution in [2.45, 2.75) is 12.0 Å². The van der Waals surface area contributed by atoms with Gasteiger partial charge in [-0.1, -0.05) is 0 Å². The molecule has 1 unspecified atom stereocenters. The van der Waals surface area contributed by atoms with E-state index in [-0.39, 0.29) is 5.54 Å². The van der Waals surface area contributed by atoms with Crippen molar-refractivity contribution in [3.8, 4) is 0 Å². The van der Waals surface area contributed by atoms with E-state index in [1.54, 1.807) is 11.3 Å². The lowest BCUT2D eigenvalue weighted by Crippen LogP contribution is -2.56. The molecule has 0 amide bonds. The molecule has 7 nitrogen and oxygen atoms in total. The highest BCUT2D eigenvalue weighted by molar-refractivity contribution is 7.99. The number of nitrogens with zero attached hydrogens (tertiary/aromatic N) is 5. The molecule has 3 aliphatic rings. The van der Waals surface area contributed by atoms with Gasteiger partial charge in [0.2, 0.25) is 0 Å². The molecular formula is C17H28N6OS2. The number of thiazole rings is 1. The minimum atomic E-state index is 0.168. The van der Waals surface area contributed by atoms with Crippen molar-refractivity contribution in [3.05, 3.63) is 11.6 Å². The Labute approximate surface area is 163 Å². The molecule has 0 saturated carbocycles. The van der Waals surface area contributed by atoms with Crippen LogP contribution in [0.1, 0.15) is 6.42 Å². The molecule has 1 aromatic rings. The van der Waals surface area contributed by atoms with Crippen LogP contribution in [0.25, 0.3) is 0 Å². The molecule has 0 aliphatic carbocycles. The van der Waals surface area contributed by atoms with Gasteiger partial charge in [0, 0.05) is 56.6 Å². The van der Waals surface area contributed by atoms with Crippen LogP contribution in [0.2, 0.25) is 0 Å². The number of aromatic nitrogens is 1. The number of anilines is 1. The molecule has 0 radical (unpaired) electrons. The summed E-state index contributed by atoms with van der Waals surface area (Å²) >= 11 is 3.74. The summed E-state index contributed by atoms with van der Waals surface area (Å²) in [7, 11) is 0. The van der Waals surface area contributed by atoms with Crippen molar-refractivity contribution in [2.24, 2.45) is 10.7 Å². The van der Waals surface area contributed by atoms with Crippen LogP contribution in [-0.2, 0) is 4.74 Å². The standard InChI is InChI=1S/C17H28N6OS2/c18-15(21-3-5-22(6-4-21)16-19-2-12-26-16)20-13-17(1-11-25-14-17)23-7-9-24-10-8-23/h2,12H,1,3-11,13-14H2,(H2,18,20). The SMILES string of the molecule is NC(=NCC1(N2CCOCC2)CCSC1)N1CCN(c2nccs2)CC1. The summed E-state index contributed by atoms with van der Waals surface area (Å²) in [5.41, 5.74) is 6.54. The van der Waals surface area contributed by atoms with E-state index in [1.807, 2.05) is 23.3 Å². The normalized spacial score (nSPS) is 28.7. The van der Waals surface area contributed by atoms with E-state index in [0.29, 0.717) is 5.96 Å². The molecule has 2 N–H and O–H groups in total. The van der Waals surface area contributed by atoms with Crippen molar-refractivity contribution in [3.63, 3.8) is 0 Å². The third-order valence-electron chi connectivity index (χ3n) is 5.59. The summed E-state index contributed by atoms with van der Waals surface area (Å²) in [4.78, 5) is 16.4. The number of hydrogen-bond donors (Lipinski definition) is 1. The predicted molar refractivity (Wildman–Crippen MR) is 109 cm³/mol. The van der Waals surface area contributed by atoms with Crippen molar-refractivity contribution in [1.29, 1.82) is 0 Å². The second-order valence-corrected chi connectivity index (χ2v) is 9.07. The van der Waals surface area contributed by atoms with Gasteiger partial charge in [0.15, 0.2) is 11.1 Å². The van der Waals surface area contributed by atoms with E-state index >= 15 is 0 Å². The average molecular weight is 397 g/mol. The largest absolute Gasteiger partial charge is 0.379 e. The zero-order chi connectivity index (χ0) is 17.8. The first-order valence-electron chi connectivity index (χ1n) is 9.37. The number of morpholine rings is 1. The molecule has 3 fully saturated rings. The number of aliphatic imine (C=N–C) groups is 1. The molecular weight excluding hydrogens is 368 g/mol. The fourth-order valence-electron chi connectivity index (χ4n) is 3.94. The Morgan fingerprint density at radius 3 is 2.69 bits per heavy atom. The zero-order valence-corrected chi connectivity index (χ0v) is 16.8. The molecule has 0 spiro atoms. The minimum Gasteiger partial charge on any atom is -0.379 e. The van der Waals surface area contributed by atoms with E-state index in [1.165, 1.54) is 12.2 Å². The number of piperazine rings is 1. The Morgan fingerprint density at radius 2 is 2.04 bits per heavy atom. The van der Waals surface area contributed by atoms with Gasteiger partial charge in [-0.25, -0.2) is 4.98 Å². The highest BCUT2D eigenvalue weighted by Gasteiger charge is 2.40. The second-order valence-electron chi connectivity index (χ2n) is 7.09. The van der Waals surface area contributed by atoms with Crippen LogP contribution in [0, 0.1) is 0 Å². The quantitative estimate of drug-likeness (QED) is 0.596. The highest BCUT2D eigenvalue weighted by atomic mass is 32.2. The monoisotopic (exact) mass is 396 g/mol. The van der Waals surface area contributed by atoms with Gasteiger partial charge in [-0.15, -0.1) is 11.3 Å². The van der Waals surface area contributed by atoms with Crippen molar-refractivity contribution < 1.29 is 4.74 Å². The smallest absolute Gasteiger partial charge is 0.191 e. The Hall–Kier alpha value is -1.03. The lowest BCUT2D eigenvalue weighted by atomic mass is 9.96.